The molecular weight excluding hydrogens is 156 g/mol. The van der Waals surface area contributed by atoms with Gasteiger partial charge in [-0.2, -0.15) is 4.89 Å². The lowest BCUT2D eigenvalue weighted by atomic mass is 10.5. The van der Waals surface area contributed by atoms with Crippen molar-refractivity contribution in [2.24, 2.45) is 5.73 Å². The molecule has 11 heavy (non-hydrogen) atoms. The minimum absolute atomic E-state index is 0.396. The number of carboxylic acids is 1. The normalized spacial score (nSPS) is 12.2. The van der Waals surface area contributed by atoms with E-state index >= 15 is 0 Å². The van der Waals surface area contributed by atoms with Crippen molar-refractivity contribution in [3.8, 4) is 0 Å². The van der Waals surface area contributed by atoms with E-state index in [1.807, 2.05) is 0 Å². The Morgan fingerprint density at radius 3 is 2.45 bits per heavy atom. The van der Waals surface area contributed by atoms with Gasteiger partial charge in [0, 0.05) is 0 Å². The number of amides is 1. The molecule has 0 aliphatic carbocycles. The van der Waals surface area contributed by atoms with E-state index in [1.54, 1.807) is 5.32 Å². The highest BCUT2D eigenvalue weighted by Gasteiger charge is 2.20. The summed E-state index contributed by atoms with van der Waals surface area (Å²) in [4.78, 5) is 23.5. The minimum atomic E-state index is -1.87. The summed E-state index contributed by atoms with van der Waals surface area (Å²) in [6.07, 6.45) is -1.87. The molecule has 0 saturated carbocycles. The van der Waals surface area contributed by atoms with Crippen LogP contribution in [0, 0.1) is 0 Å². The number of carbonyl (C=O) groups excluding carboxylic acids is 1. The van der Waals surface area contributed by atoms with Gasteiger partial charge in [0.05, 0.1) is 6.54 Å². The monoisotopic (exact) mass is 163 g/mol. The van der Waals surface area contributed by atoms with Crippen molar-refractivity contribution < 1.29 is 24.8 Å². The van der Waals surface area contributed by atoms with Crippen LogP contribution in [0.15, 0.2) is 0 Å². The van der Waals surface area contributed by atoms with E-state index < -0.39 is 24.6 Å². The van der Waals surface area contributed by atoms with Gasteiger partial charge in [-0.05, 0) is 5.26 Å². The molecule has 1 unspecified atom stereocenters. The van der Waals surface area contributed by atoms with Crippen molar-refractivity contribution in [2.45, 2.75) is 6.23 Å². The lowest BCUT2D eigenvalue weighted by Gasteiger charge is -2.07. The van der Waals surface area contributed by atoms with Crippen LogP contribution in [0.1, 0.15) is 0 Å². The Kier molecular flexibility index (Phi) is 4.11. The van der Waals surface area contributed by atoms with Gasteiger partial charge in [-0.15, -0.1) is 0 Å². The predicted molar refractivity (Wildman–Crippen MR) is 30.4 cm³/mol. The molecule has 1 radical (unpaired) electrons. The Balaban J connectivity index is 3.88. The van der Waals surface area contributed by atoms with Gasteiger partial charge >= 0.3 is 5.97 Å². The number of nitrogens with one attached hydrogen (secondary N) is 1. The Hall–Kier alpha value is -1.18. The molecule has 0 heterocycles. The number of nitrogens with two attached hydrogens (primary N) is 1. The van der Waals surface area contributed by atoms with Crippen LogP contribution in [0.25, 0.3) is 0 Å². The Bertz CT molecular complexity index is 159. The predicted octanol–water partition coefficient (Wildman–Crippen LogP) is -2.17. The first kappa shape index (κ1) is 9.82. The first-order valence-electron chi connectivity index (χ1n) is 2.62. The molecule has 7 nitrogen and oxygen atoms in total. The number of hydrogen-bond acceptors (Lipinski definition) is 4. The summed E-state index contributed by atoms with van der Waals surface area (Å²) in [5, 5.41) is 19.4. The van der Waals surface area contributed by atoms with Crippen LogP contribution >= 0.6 is 0 Å². The largest absolute Gasteiger partial charge is 0.478 e. The number of aliphatic carboxylic acids is 1. The molecule has 0 spiro atoms. The molecule has 7 heteroatoms. The molecule has 0 aliphatic rings. The maximum Gasteiger partial charge on any atom is 0.357 e. The number of carbonyl (C=O) groups is 2. The Labute approximate surface area is 61.7 Å². The second-order valence-electron chi connectivity index (χ2n) is 1.59. The highest BCUT2D eigenvalue weighted by atomic mass is 17.1. The number of rotatable bonds is 4. The topological polar surface area (TPSA) is 122 Å². The smallest absolute Gasteiger partial charge is 0.357 e. The third kappa shape index (κ3) is 3.50. The SMILES string of the molecule is NCC(=O)NC(O[O])C(=O)O. The van der Waals surface area contributed by atoms with Crippen molar-refractivity contribution in [2.75, 3.05) is 6.54 Å². The zero-order chi connectivity index (χ0) is 8.85. The average molecular weight is 163 g/mol. The molecule has 0 saturated heterocycles. The lowest BCUT2D eigenvalue weighted by molar-refractivity contribution is -0.333. The molecule has 4 N–H and O–H groups in total. The molecule has 0 bridgehead atoms. The van der Waals surface area contributed by atoms with Gasteiger partial charge in [0.25, 0.3) is 6.23 Å². The highest BCUT2D eigenvalue weighted by molar-refractivity contribution is 5.83. The quantitative estimate of drug-likeness (QED) is 0.247. The van der Waals surface area contributed by atoms with E-state index in [2.05, 4.69) is 4.89 Å². The minimum Gasteiger partial charge on any atom is -0.478 e. The first-order valence-corrected chi connectivity index (χ1v) is 2.62. The van der Waals surface area contributed by atoms with Crippen molar-refractivity contribution in [3.63, 3.8) is 0 Å². The van der Waals surface area contributed by atoms with E-state index in [-0.39, 0.29) is 0 Å². The van der Waals surface area contributed by atoms with Gasteiger partial charge in [-0.25, -0.2) is 4.79 Å². The Morgan fingerprint density at radius 1 is 1.64 bits per heavy atom. The van der Waals surface area contributed by atoms with E-state index in [0.717, 1.165) is 0 Å². The van der Waals surface area contributed by atoms with Gasteiger partial charge in [0.1, 0.15) is 0 Å². The Morgan fingerprint density at radius 2 is 2.18 bits per heavy atom. The van der Waals surface area contributed by atoms with Gasteiger partial charge in [0.15, 0.2) is 0 Å². The maximum absolute atomic E-state index is 10.4. The fourth-order valence-corrected chi connectivity index (χ4v) is 0.332. The fraction of sp³-hybridized carbons (Fsp3) is 0.500. The van der Waals surface area contributed by atoms with Gasteiger partial charge < -0.3 is 16.2 Å². The molecule has 0 aliphatic heterocycles. The summed E-state index contributed by atoms with van der Waals surface area (Å²) < 4.78 is 0. The zero-order valence-corrected chi connectivity index (χ0v) is 5.44. The van der Waals surface area contributed by atoms with Crippen LogP contribution in [0.2, 0.25) is 0 Å². The first-order chi connectivity index (χ1) is 5.11. The van der Waals surface area contributed by atoms with Crippen molar-refractivity contribution in [1.29, 1.82) is 0 Å². The van der Waals surface area contributed by atoms with Crippen LogP contribution in [-0.2, 0) is 19.7 Å². The van der Waals surface area contributed by atoms with E-state index in [1.165, 1.54) is 0 Å². The molecule has 1 atom stereocenters. The van der Waals surface area contributed by atoms with E-state index in [0.29, 0.717) is 0 Å². The van der Waals surface area contributed by atoms with Gasteiger partial charge in [-0.3, -0.25) is 4.79 Å². The van der Waals surface area contributed by atoms with Crippen LogP contribution in [0.4, 0.5) is 0 Å². The van der Waals surface area contributed by atoms with Crippen molar-refractivity contribution in [3.05, 3.63) is 0 Å². The summed E-state index contributed by atoms with van der Waals surface area (Å²) in [5.74, 6) is -2.34. The van der Waals surface area contributed by atoms with E-state index in [9.17, 15) is 14.8 Å². The number of hydrogen-bond donors (Lipinski definition) is 3. The second-order valence-corrected chi connectivity index (χ2v) is 1.59. The summed E-state index contributed by atoms with van der Waals surface area (Å²) >= 11 is 0. The second kappa shape index (κ2) is 4.61. The molecule has 0 aromatic carbocycles. The highest BCUT2D eigenvalue weighted by Crippen LogP contribution is 1.83. The standard InChI is InChI=1S/C4H7N2O5/c5-1-2(7)6-3(11-10)4(8)9/h3H,1,5H2,(H,6,7)(H,8,9). The summed E-state index contributed by atoms with van der Waals surface area (Å²) in [6.45, 7) is -0.396. The molecule has 0 aromatic rings. The zero-order valence-electron chi connectivity index (χ0n) is 5.44. The average Bonchev–Trinajstić information content (AvgIpc) is 1.99. The molecular formula is C4H7N2O5. The van der Waals surface area contributed by atoms with Crippen LogP contribution in [0.3, 0.4) is 0 Å². The molecule has 63 valence electrons. The van der Waals surface area contributed by atoms with Crippen molar-refractivity contribution in [1.82, 2.24) is 5.32 Å². The van der Waals surface area contributed by atoms with Crippen molar-refractivity contribution >= 4 is 11.9 Å². The van der Waals surface area contributed by atoms with Gasteiger partial charge in [0.2, 0.25) is 5.91 Å². The molecule has 0 fully saturated rings. The van der Waals surface area contributed by atoms with Crippen LogP contribution in [0.5, 0.6) is 0 Å². The summed E-state index contributed by atoms with van der Waals surface area (Å²) in [5.41, 5.74) is 4.81. The third-order valence-corrected chi connectivity index (χ3v) is 0.798. The van der Waals surface area contributed by atoms with Gasteiger partial charge in [-0.1, -0.05) is 0 Å². The summed E-state index contributed by atoms with van der Waals surface area (Å²) in [6, 6.07) is 0. The lowest BCUT2D eigenvalue weighted by Crippen LogP contribution is -2.44. The van der Waals surface area contributed by atoms with Crippen LogP contribution in [-0.4, -0.2) is 29.8 Å². The fourth-order valence-electron chi connectivity index (χ4n) is 0.332. The molecule has 1 amide bonds. The van der Waals surface area contributed by atoms with Crippen LogP contribution < -0.4 is 11.1 Å². The molecule has 0 rings (SSSR count). The summed E-state index contributed by atoms with van der Waals surface area (Å²) in [7, 11) is 0. The third-order valence-electron chi connectivity index (χ3n) is 0.798. The molecule has 0 aromatic heterocycles. The maximum atomic E-state index is 10.4. The van der Waals surface area contributed by atoms with E-state index in [4.69, 9.17) is 10.8 Å². The number of carboxylic acid groups (broad SMARTS) is 1.